The first-order valence-electron chi connectivity index (χ1n) is 16.8. The number of aromatic nitrogens is 2. The van der Waals surface area contributed by atoms with E-state index >= 15 is 0 Å². The SMILES string of the molecule is C=CC(C)Nc1nc2c(c(=O)n1-c1ccc(C(=O)N(C)C(=O)CC(C)OC(=O)C(N)C(C)C)cc1)CC(C)N(C(=O)c1ccc(Br)c(C(F)(F)F)c1)C2. The Morgan fingerprint density at radius 2 is 1.74 bits per heavy atom. The molecule has 4 atom stereocenters. The number of fused-ring (bicyclic) bond motifs is 1. The third kappa shape index (κ3) is 9.22. The second kappa shape index (κ2) is 16.5. The van der Waals surface area contributed by atoms with Crippen molar-refractivity contribution >= 4 is 45.6 Å². The number of imide groups is 1. The molecule has 0 saturated carbocycles. The molecule has 1 aliphatic heterocycles. The van der Waals surface area contributed by atoms with Gasteiger partial charge in [0.1, 0.15) is 12.1 Å². The number of hydrogen-bond donors (Lipinski definition) is 2. The van der Waals surface area contributed by atoms with Gasteiger partial charge in [-0.1, -0.05) is 35.9 Å². The number of carbonyl (C=O) groups excluding carboxylic acids is 4. The maximum Gasteiger partial charge on any atom is 0.417 e. The summed E-state index contributed by atoms with van der Waals surface area (Å²) in [5.74, 6) is -2.54. The minimum Gasteiger partial charge on any atom is -0.461 e. The normalized spacial score (nSPS) is 15.9. The lowest BCUT2D eigenvalue weighted by molar-refractivity contribution is -0.152. The minimum atomic E-state index is -4.68. The van der Waals surface area contributed by atoms with Crippen molar-refractivity contribution in [3.8, 4) is 5.69 Å². The summed E-state index contributed by atoms with van der Waals surface area (Å²) in [6, 6.07) is 7.46. The quantitative estimate of drug-likeness (QED) is 0.189. The number of nitrogens with two attached hydrogens (primary N) is 1. The highest BCUT2D eigenvalue weighted by atomic mass is 79.9. The lowest BCUT2D eigenvalue weighted by atomic mass is 9.98. The molecule has 0 spiro atoms. The molecule has 284 valence electrons. The van der Waals surface area contributed by atoms with Gasteiger partial charge in [0.05, 0.1) is 29.9 Å². The Morgan fingerprint density at radius 1 is 1.11 bits per heavy atom. The number of alkyl halides is 3. The second-order valence-corrected chi connectivity index (χ2v) is 14.2. The van der Waals surface area contributed by atoms with Crippen LogP contribution in [0.2, 0.25) is 0 Å². The van der Waals surface area contributed by atoms with Crippen molar-refractivity contribution in [2.75, 3.05) is 12.4 Å². The number of nitrogens with one attached hydrogen (secondary N) is 1. The van der Waals surface area contributed by atoms with Crippen LogP contribution >= 0.6 is 15.9 Å². The fourth-order valence-corrected chi connectivity index (χ4v) is 6.08. The summed E-state index contributed by atoms with van der Waals surface area (Å²) in [6.07, 6.45) is -4.08. The van der Waals surface area contributed by atoms with Crippen molar-refractivity contribution in [2.45, 2.75) is 84.4 Å². The van der Waals surface area contributed by atoms with Crippen LogP contribution in [0, 0.1) is 5.92 Å². The Morgan fingerprint density at radius 3 is 2.32 bits per heavy atom. The molecular weight excluding hydrogens is 761 g/mol. The second-order valence-electron chi connectivity index (χ2n) is 13.4. The molecule has 4 rings (SSSR count). The number of amides is 3. The summed E-state index contributed by atoms with van der Waals surface area (Å²) < 4.78 is 47.2. The fraction of sp³-hybridized carbons (Fsp3) is 0.405. The summed E-state index contributed by atoms with van der Waals surface area (Å²) in [6.45, 7) is 12.2. The zero-order valence-corrected chi connectivity index (χ0v) is 31.7. The van der Waals surface area contributed by atoms with Crippen LogP contribution in [-0.2, 0) is 33.5 Å². The largest absolute Gasteiger partial charge is 0.461 e. The van der Waals surface area contributed by atoms with Crippen LogP contribution in [0.25, 0.3) is 5.69 Å². The topological polar surface area (TPSA) is 157 Å². The van der Waals surface area contributed by atoms with E-state index in [-0.39, 0.29) is 58.6 Å². The highest BCUT2D eigenvalue weighted by molar-refractivity contribution is 9.10. The Kier molecular flexibility index (Phi) is 12.7. The van der Waals surface area contributed by atoms with E-state index in [2.05, 4.69) is 27.8 Å². The van der Waals surface area contributed by atoms with Gasteiger partial charge >= 0.3 is 12.1 Å². The number of carbonyl (C=O) groups is 4. The molecule has 3 N–H and O–H groups in total. The maximum atomic E-state index is 14.1. The predicted molar refractivity (Wildman–Crippen MR) is 195 cm³/mol. The lowest BCUT2D eigenvalue weighted by Gasteiger charge is -2.35. The standard InChI is InChI=1S/C37H42BrF3N6O6/c1-8-20(4)43-36-44-29-18-46(33(50)24-11-14-28(38)27(17-24)37(39,40)41)21(5)15-26(29)34(51)47(36)25-12-9-23(10-13-25)32(49)45(7)30(48)16-22(6)53-35(52)31(42)19(2)3/h8-14,17,19-22,31H,1,15-16,18,42H2,2-7H3,(H,43,44). The smallest absolute Gasteiger partial charge is 0.417 e. The molecule has 3 aromatic rings. The highest BCUT2D eigenvalue weighted by Crippen LogP contribution is 2.36. The highest BCUT2D eigenvalue weighted by Gasteiger charge is 2.36. The molecule has 16 heteroatoms. The summed E-state index contributed by atoms with van der Waals surface area (Å²) in [5, 5.41) is 3.12. The van der Waals surface area contributed by atoms with E-state index in [1.54, 1.807) is 33.8 Å². The molecule has 1 aliphatic rings. The number of benzene rings is 2. The summed E-state index contributed by atoms with van der Waals surface area (Å²) in [7, 11) is 1.31. The van der Waals surface area contributed by atoms with Gasteiger partial charge in [0.25, 0.3) is 17.4 Å². The fourth-order valence-electron chi connectivity index (χ4n) is 5.60. The van der Waals surface area contributed by atoms with Gasteiger partial charge < -0.3 is 20.7 Å². The van der Waals surface area contributed by atoms with Crippen LogP contribution in [0.1, 0.15) is 78.6 Å². The van der Waals surface area contributed by atoms with Gasteiger partial charge in [-0.3, -0.25) is 28.9 Å². The molecule has 0 radical (unpaired) electrons. The maximum absolute atomic E-state index is 14.1. The first-order chi connectivity index (χ1) is 24.7. The molecule has 4 unspecified atom stereocenters. The Balaban J connectivity index is 1.60. The Bertz CT molecular complexity index is 1970. The molecule has 12 nitrogen and oxygen atoms in total. The number of nitrogens with zero attached hydrogens (tertiary/aromatic N) is 4. The van der Waals surface area contributed by atoms with Crippen molar-refractivity contribution in [1.82, 2.24) is 19.4 Å². The molecule has 0 saturated heterocycles. The molecule has 0 bridgehead atoms. The van der Waals surface area contributed by atoms with Gasteiger partial charge in [0.2, 0.25) is 11.9 Å². The van der Waals surface area contributed by atoms with Crippen molar-refractivity contribution in [1.29, 1.82) is 0 Å². The van der Waals surface area contributed by atoms with Gasteiger partial charge in [-0.05, 0) is 75.6 Å². The van der Waals surface area contributed by atoms with Crippen molar-refractivity contribution in [2.24, 2.45) is 11.7 Å². The van der Waals surface area contributed by atoms with Gasteiger partial charge in [0, 0.05) is 40.3 Å². The summed E-state index contributed by atoms with van der Waals surface area (Å²) in [5.41, 5.74) is 5.33. The zero-order valence-electron chi connectivity index (χ0n) is 30.2. The molecule has 0 fully saturated rings. The molecular formula is C37H42BrF3N6O6. The third-order valence-electron chi connectivity index (χ3n) is 8.92. The van der Waals surface area contributed by atoms with E-state index in [0.29, 0.717) is 11.3 Å². The average Bonchev–Trinajstić information content (AvgIpc) is 3.10. The number of rotatable bonds is 11. The lowest BCUT2D eigenvalue weighted by Crippen LogP contribution is -2.46. The van der Waals surface area contributed by atoms with Crippen molar-refractivity contribution in [3.63, 3.8) is 0 Å². The van der Waals surface area contributed by atoms with Gasteiger partial charge in [0.15, 0.2) is 0 Å². The van der Waals surface area contributed by atoms with Crippen LogP contribution < -0.4 is 16.6 Å². The predicted octanol–water partition coefficient (Wildman–Crippen LogP) is 5.49. The number of halogens is 4. The van der Waals surface area contributed by atoms with E-state index in [0.717, 1.165) is 11.0 Å². The van der Waals surface area contributed by atoms with E-state index in [1.165, 1.54) is 59.8 Å². The first-order valence-corrected chi connectivity index (χ1v) is 17.6. The molecule has 2 aromatic carbocycles. The zero-order chi connectivity index (χ0) is 39.5. The summed E-state index contributed by atoms with van der Waals surface area (Å²) >= 11 is 2.90. The Hall–Kier alpha value is -4.83. The van der Waals surface area contributed by atoms with Crippen LogP contribution in [0.3, 0.4) is 0 Å². The number of ether oxygens (including phenoxy) is 1. The Labute approximate surface area is 313 Å². The van der Waals surface area contributed by atoms with Crippen molar-refractivity contribution in [3.05, 3.63) is 97.9 Å². The van der Waals surface area contributed by atoms with Gasteiger partial charge in [-0.2, -0.15) is 13.2 Å². The van der Waals surface area contributed by atoms with Crippen LogP contribution in [0.5, 0.6) is 0 Å². The van der Waals surface area contributed by atoms with Gasteiger partial charge in [-0.15, -0.1) is 6.58 Å². The minimum absolute atomic E-state index is 0.0769. The van der Waals surface area contributed by atoms with Crippen LogP contribution in [0.4, 0.5) is 19.1 Å². The van der Waals surface area contributed by atoms with E-state index < -0.39 is 59.2 Å². The monoisotopic (exact) mass is 802 g/mol. The first kappa shape index (κ1) is 40.9. The van der Waals surface area contributed by atoms with E-state index in [9.17, 15) is 37.1 Å². The average molecular weight is 804 g/mol. The molecule has 53 heavy (non-hydrogen) atoms. The molecule has 1 aromatic heterocycles. The van der Waals surface area contributed by atoms with E-state index in [1.807, 2.05) is 0 Å². The van der Waals surface area contributed by atoms with Crippen molar-refractivity contribution < 1.29 is 37.1 Å². The van der Waals surface area contributed by atoms with E-state index in [4.69, 9.17) is 15.5 Å². The van der Waals surface area contributed by atoms with Gasteiger partial charge in [-0.25, -0.2) is 9.55 Å². The molecule has 2 heterocycles. The van der Waals surface area contributed by atoms with Crippen LogP contribution in [0.15, 0.2) is 64.4 Å². The third-order valence-corrected chi connectivity index (χ3v) is 9.62. The number of hydrogen-bond acceptors (Lipinski definition) is 9. The molecule has 3 amide bonds. The summed E-state index contributed by atoms with van der Waals surface area (Å²) in [4.78, 5) is 73.0. The number of esters is 1. The van der Waals surface area contributed by atoms with Crippen LogP contribution in [-0.4, -0.2) is 74.3 Å². The molecule has 0 aliphatic carbocycles. The number of anilines is 1.